The third-order valence-electron chi connectivity index (χ3n) is 8.61. The molecule has 0 fully saturated rings. The molecule has 4 aliphatic heterocycles. The topological polar surface area (TPSA) is 86.7 Å². The Labute approximate surface area is 252 Å². The molecule has 0 radical (unpaired) electrons. The number of aliphatic imine (C=N–C) groups is 3. The van der Waals surface area contributed by atoms with Crippen LogP contribution in [-0.2, 0) is 0 Å². The van der Waals surface area contributed by atoms with Crippen LogP contribution in [0.5, 0.6) is 0 Å². The summed E-state index contributed by atoms with van der Waals surface area (Å²) in [6.07, 6.45) is 5.90. The van der Waals surface area contributed by atoms with Gasteiger partial charge in [0.05, 0.1) is 23.6 Å². The van der Waals surface area contributed by atoms with Crippen LogP contribution in [0.25, 0.3) is 22.9 Å². The number of aromatic nitrogens is 2. The predicted octanol–water partition coefficient (Wildman–Crippen LogP) is 5.02. The first-order valence-electron chi connectivity index (χ1n) is 14.5. The SMILES string of the molecule is C=Cc1c(/C=C\C)c2n3c1N=C1c4ccccc4C(=[N+]1C)N=c1c4c(C)cccc4c(n1N3)=NC1=NC(=N2)c2ccccc21. The first kappa shape index (κ1) is 24.6. The van der Waals surface area contributed by atoms with E-state index in [9.17, 15) is 0 Å². The molecular formula is C35H26N9+. The smallest absolute Gasteiger partial charge is 0.229 e. The number of nitrogens with zero attached hydrogens (tertiary/aromatic N) is 8. The van der Waals surface area contributed by atoms with Gasteiger partial charge < -0.3 is 0 Å². The molecule has 210 valence electrons. The number of aryl methyl sites for hydroxylation is 1. The fourth-order valence-corrected chi connectivity index (χ4v) is 6.59. The van der Waals surface area contributed by atoms with Crippen LogP contribution in [0.4, 0.5) is 11.6 Å². The Bertz CT molecular complexity index is 2460. The summed E-state index contributed by atoms with van der Waals surface area (Å²) in [5.41, 5.74) is 11.8. The van der Waals surface area contributed by atoms with Crippen molar-refractivity contribution in [2.45, 2.75) is 13.8 Å². The normalized spacial score (nSPS) is 15.6. The molecule has 6 heterocycles. The number of hydrogen-bond donors (Lipinski definition) is 1. The Morgan fingerprint density at radius 3 is 2.18 bits per heavy atom. The Hall–Kier alpha value is -5.96. The van der Waals surface area contributed by atoms with Crippen LogP contribution < -0.4 is 16.5 Å². The lowest BCUT2D eigenvalue weighted by Crippen LogP contribution is -2.40. The molecule has 44 heavy (non-hydrogen) atoms. The molecule has 0 amide bonds. The molecule has 0 atom stereocenters. The highest BCUT2D eigenvalue weighted by molar-refractivity contribution is 6.23. The minimum atomic E-state index is 0.594. The molecule has 4 aliphatic rings. The molecular weight excluding hydrogens is 546 g/mol. The highest BCUT2D eigenvalue weighted by atomic mass is 15.7. The summed E-state index contributed by atoms with van der Waals surface area (Å²) in [7, 11) is 2.02. The van der Waals surface area contributed by atoms with Crippen molar-refractivity contribution in [1.29, 1.82) is 0 Å². The second-order valence-electron chi connectivity index (χ2n) is 11.1. The third-order valence-corrected chi connectivity index (χ3v) is 8.61. The average molecular weight is 573 g/mol. The molecule has 9 nitrogen and oxygen atoms in total. The highest BCUT2D eigenvalue weighted by Gasteiger charge is 2.36. The lowest BCUT2D eigenvalue weighted by Gasteiger charge is -2.13. The van der Waals surface area contributed by atoms with E-state index in [1.54, 1.807) is 0 Å². The predicted molar refractivity (Wildman–Crippen MR) is 175 cm³/mol. The number of rotatable bonds is 2. The third kappa shape index (κ3) is 3.12. The van der Waals surface area contributed by atoms with Crippen molar-refractivity contribution in [1.82, 2.24) is 9.35 Å². The van der Waals surface area contributed by atoms with Crippen molar-refractivity contribution in [3.05, 3.63) is 129 Å². The number of hydrogen-bond acceptors (Lipinski definition) is 6. The molecule has 6 bridgehead atoms. The second-order valence-corrected chi connectivity index (χ2v) is 11.1. The van der Waals surface area contributed by atoms with E-state index in [0.29, 0.717) is 28.8 Å². The molecule has 9 heteroatoms. The van der Waals surface area contributed by atoms with Gasteiger partial charge in [-0.15, -0.1) is 0 Å². The van der Waals surface area contributed by atoms with Crippen molar-refractivity contribution in [2.75, 3.05) is 12.6 Å². The molecule has 9 rings (SSSR count). The molecule has 1 N–H and O–H groups in total. The van der Waals surface area contributed by atoms with Crippen molar-refractivity contribution in [3.63, 3.8) is 0 Å². The van der Waals surface area contributed by atoms with Gasteiger partial charge in [0.25, 0.3) is 11.7 Å². The Morgan fingerprint density at radius 2 is 1.43 bits per heavy atom. The summed E-state index contributed by atoms with van der Waals surface area (Å²) < 4.78 is 5.93. The first-order chi connectivity index (χ1) is 21.6. The minimum absolute atomic E-state index is 0.594. The summed E-state index contributed by atoms with van der Waals surface area (Å²) in [5, 5.41) is 1.97. The maximum atomic E-state index is 5.39. The molecule has 0 spiro atoms. The number of nitrogens with one attached hydrogen (secondary N) is 1. The van der Waals surface area contributed by atoms with Crippen LogP contribution in [0.1, 0.15) is 45.9 Å². The lowest BCUT2D eigenvalue weighted by atomic mass is 10.1. The van der Waals surface area contributed by atoms with Crippen molar-refractivity contribution in [2.24, 2.45) is 25.0 Å². The number of allylic oxidation sites excluding steroid dienone is 1. The van der Waals surface area contributed by atoms with Gasteiger partial charge in [0, 0.05) is 27.6 Å². The van der Waals surface area contributed by atoms with Crippen LogP contribution in [0.3, 0.4) is 0 Å². The van der Waals surface area contributed by atoms with E-state index in [1.165, 1.54) is 0 Å². The van der Waals surface area contributed by atoms with Crippen LogP contribution in [-0.4, -0.2) is 44.3 Å². The summed E-state index contributed by atoms with van der Waals surface area (Å²) >= 11 is 0. The first-order valence-corrected chi connectivity index (χ1v) is 14.5. The number of amidine groups is 4. The zero-order chi connectivity index (χ0) is 29.7. The van der Waals surface area contributed by atoms with E-state index >= 15 is 0 Å². The Balaban J connectivity index is 1.58. The Kier molecular flexibility index (Phi) is 4.91. The minimum Gasteiger partial charge on any atom is -0.229 e. The lowest BCUT2D eigenvalue weighted by molar-refractivity contribution is -0.367. The van der Waals surface area contributed by atoms with Gasteiger partial charge in [0.1, 0.15) is 0 Å². The molecule has 2 aromatic heterocycles. The van der Waals surface area contributed by atoms with Gasteiger partial charge in [-0.1, -0.05) is 89.4 Å². The summed E-state index contributed by atoms with van der Waals surface area (Å²) in [4.78, 5) is 26.2. The monoisotopic (exact) mass is 572 g/mol. The van der Waals surface area contributed by atoms with Crippen molar-refractivity contribution >= 4 is 57.9 Å². The van der Waals surface area contributed by atoms with E-state index in [4.69, 9.17) is 25.0 Å². The highest BCUT2D eigenvalue weighted by Crippen LogP contribution is 2.39. The van der Waals surface area contributed by atoms with E-state index in [-0.39, 0.29) is 0 Å². The summed E-state index contributed by atoms with van der Waals surface area (Å²) in [6.45, 7) is 8.32. The van der Waals surface area contributed by atoms with Crippen LogP contribution in [0.2, 0.25) is 0 Å². The molecule has 0 aliphatic carbocycles. The zero-order valence-electron chi connectivity index (χ0n) is 24.4. The largest absolute Gasteiger partial charge is 0.273 e. The van der Waals surface area contributed by atoms with Gasteiger partial charge in [-0.2, -0.15) is 9.35 Å². The van der Waals surface area contributed by atoms with E-state index in [2.05, 4.69) is 53.9 Å². The van der Waals surface area contributed by atoms with Crippen LogP contribution >= 0.6 is 0 Å². The van der Waals surface area contributed by atoms with Gasteiger partial charge in [-0.3, -0.25) is 0 Å². The van der Waals surface area contributed by atoms with Gasteiger partial charge in [-0.05, 0) is 31.5 Å². The average Bonchev–Trinajstić information content (AvgIpc) is 3.70. The van der Waals surface area contributed by atoms with E-state index < -0.39 is 0 Å². The molecule has 0 saturated carbocycles. The zero-order valence-corrected chi connectivity index (χ0v) is 24.4. The van der Waals surface area contributed by atoms with Gasteiger partial charge in [-0.25, -0.2) is 25.1 Å². The quantitative estimate of drug-likeness (QED) is 0.296. The fraction of sp³-hybridized carbons (Fsp3) is 0.0857. The van der Waals surface area contributed by atoms with Crippen molar-refractivity contribution < 1.29 is 4.58 Å². The van der Waals surface area contributed by atoms with E-state index in [0.717, 1.165) is 66.9 Å². The van der Waals surface area contributed by atoms with Gasteiger partial charge in [0.2, 0.25) is 11.3 Å². The maximum absolute atomic E-state index is 5.39. The number of benzene rings is 3. The molecule has 0 saturated heterocycles. The Morgan fingerprint density at radius 1 is 0.727 bits per heavy atom. The summed E-state index contributed by atoms with van der Waals surface area (Å²) in [6, 6.07) is 22.6. The molecule has 0 unspecified atom stereocenters. The van der Waals surface area contributed by atoms with Crippen LogP contribution in [0, 0.1) is 6.92 Å². The second kappa shape index (κ2) is 8.78. The molecule has 3 aromatic carbocycles. The number of fused-ring (bicyclic) bond motifs is 11. The van der Waals surface area contributed by atoms with Crippen LogP contribution in [0.15, 0.2) is 104 Å². The van der Waals surface area contributed by atoms with E-state index in [1.807, 2.05) is 77.9 Å². The van der Waals surface area contributed by atoms with Gasteiger partial charge >= 0.3 is 0 Å². The standard InChI is InChI=1S/C35H26N9/c1-5-12-23-20(6-2)32-39-30-24-16-9-10-17-25(24)31(42(30)4)40-35-27-19(3)13-11-18-26(27)34-38-29-22-15-8-7-14-21(22)28(36-29)37-33(23)43(32)41-44(34)35/h5-18,41H,2H2,1,3-4H3/q+1/b12-5-. The van der Waals surface area contributed by atoms with Gasteiger partial charge in [0.15, 0.2) is 23.0 Å². The van der Waals surface area contributed by atoms with Crippen molar-refractivity contribution in [3.8, 4) is 0 Å². The maximum Gasteiger partial charge on any atom is 0.273 e. The molecule has 5 aromatic rings. The summed E-state index contributed by atoms with van der Waals surface area (Å²) in [5.74, 6) is 4.11. The fourth-order valence-electron chi connectivity index (χ4n) is 6.59.